The Morgan fingerprint density at radius 2 is 1.52 bits per heavy atom. The Morgan fingerprint density at radius 3 is 2.14 bits per heavy atom. The standard InChI is InChI=1S/C19H34O2/c1-14(2)17(3,20)18-10-6-7-11-19(18,21)13-16-9-5-4-8-15(16)12-18/h14-16,20-21H,4-13H2,1-3H3. The van der Waals surface area contributed by atoms with Crippen LogP contribution in [0.2, 0.25) is 0 Å². The van der Waals surface area contributed by atoms with Crippen LogP contribution in [0.1, 0.15) is 85.0 Å². The van der Waals surface area contributed by atoms with E-state index in [-0.39, 0.29) is 11.3 Å². The molecular weight excluding hydrogens is 260 g/mol. The summed E-state index contributed by atoms with van der Waals surface area (Å²) in [4.78, 5) is 0. The highest BCUT2D eigenvalue weighted by Crippen LogP contribution is 2.64. The van der Waals surface area contributed by atoms with E-state index in [1.165, 1.54) is 32.1 Å². The molecule has 122 valence electrons. The van der Waals surface area contributed by atoms with Crippen molar-refractivity contribution in [1.82, 2.24) is 0 Å². The topological polar surface area (TPSA) is 40.5 Å². The Kier molecular flexibility index (Phi) is 3.94. The minimum absolute atomic E-state index is 0.197. The zero-order chi connectivity index (χ0) is 15.3. The first-order valence-corrected chi connectivity index (χ1v) is 9.27. The summed E-state index contributed by atoms with van der Waals surface area (Å²) in [6.07, 6.45) is 11.5. The molecule has 3 rings (SSSR count). The minimum atomic E-state index is -0.759. The number of hydrogen-bond acceptors (Lipinski definition) is 2. The van der Waals surface area contributed by atoms with Gasteiger partial charge in [-0.15, -0.1) is 0 Å². The van der Waals surface area contributed by atoms with Crippen LogP contribution in [0.25, 0.3) is 0 Å². The van der Waals surface area contributed by atoms with Crippen molar-refractivity contribution in [3.63, 3.8) is 0 Å². The summed E-state index contributed by atoms with van der Waals surface area (Å²) in [6, 6.07) is 0. The van der Waals surface area contributed by atoms with Crippen LogP contribution in [-0.4, -0.2) is 21.4 Å². The van der Waals surface area contributed by atoms with Gasteiger partial charge in [0.15, 0.2) is 0 Å². The molecule has 3 aliphatic carbocycles. The highest BCUT2D eigenvalue weighted by atomic mass is 16.3. The molecule has 0 aromatic heterocycles. The Hall–Kier alpha value is -0.0800. The van der Waals surface area contributed by atoms with E-state index in [4.69, 9.17) is 0 Å². The molecule has 2 N–H and O–H groups in total. The van der Waals surface area contributed by atoms with E-state index in [9.17, 15) is 10.2 Å². The fourth-order valence-electron chi connectivity index (χ4n) is 6.09. The van der Waals surface area contributed by atoms with Crippen LogP contribution in [-0.2, 0) is 0 Å². The lowest BCUT2D eigenvalue weighted by atomic mass is 9.44. The lowest BCUT2D eigenvalue weighted by molar-refractivity contribution is -0.261. The van der Waals surface area contributed by atoms with Crippen LogP contribution >= 0.6 is 0 Å². The second kappa shape index (κ2) is 5.23. The van der Waals surface area contributed by atoms with E-state index in [2.05, 4.69) is 13.8 Å². The second-order valence-electron chi connectivity index (χ2n) is 8.84. The van der Waals surface area contributed by atoms with Crippen LogP contribution < -0.4 is 0 Å². The molecule has 2 heteroatoms. The van der Waals surface area contributed by atoms with Gasteiger partial charge in [-0.3, -0.25) is 0 Å². The van der Waals surface area contributed by atoms with Crippen molar-refractivity contribution < 1.29 is 10.2 Å². The van der Waals surface area contributed by atoms with E-state index in [1.807, 2.05) is 6.92 Å². The number of fused-ring (bicyclic) bond motifs is 2. The van der Waals surface area contributed by atoms with Crippen LogP contribution in [0.5, 0.6) is 0 Å². The minimum Gasteiger partial charge on any atom is -0.389 e. The summed E-state index contributed by atoms with van der Waals surface area (Å²) >= 11 is 0. The van der Waals surface area contributed by atoms with Gasteiger partial charge in [-0.05, 0) is 50.4 Å². The third kappa shape index (κ3) is 2.20. The first-order valence-electron chi connectivity index (χ1n) is 9.27. The highest BCUT2D eigenvalue weighted by molar-refractivity contribution is 5.15. The van der Waals surface area contributed by atoms with Gasteiger partial charge in [0, 0.05) is 5.41 Å². The summed E-state index contributed by atoms with van der Waals surface area (Å²) in [5.74, 6) is 1.64. The second-order valence-corrected chi connectivity index (χ2v) is 8.84. The van der Waals surface area contributed by atoms with Gasteiger partial charge in [-0.1, -0.05) is 52.4 Å². The van der Waals surface area contributed by atoms with Gasteiger partial charge in [0.25, 0.3) is 0 Å². The molecule has 0 saturated heterocycles. The van der Waals surface area contributed by atoms with Crippen molar-refractivity contribution in [1.29, 1.82) is 0 Å². The van der Waals surface area contributed by atoms with Crippen molar-refractivity contribution >= 4 is 0 Å². The van der Waals surface area contributed by atoms with Gasteiger partial charge < -0.3 is 10.2 Å². The molecule has 0 radical (unpaired) electrons. The number of hydrogen-bond donors (Lipinski definition) is 2. The van der Waals surface area contributed by atoms with Crippen molar-refractivity contribution in [3.05, 3.63) is 0 Å². The van der Waals surface area contributed by atoms with Gasteiger partial charge in [0.1, 0.15) is 0 Å². The Labute approximate surface area is 130 Å². The van der Waals surface area contributed by atoms with Crippen LogP contribution in [0, 0.1) is 23.2 Å². The average molecular weight is 294 g/mol. The molecule has 0 heterocycles. The van der Waals surface area contributed by atoms with Gasteiger partial charge in [0.05, 0.1) is 11.2 Å². The molecule has 0 amide bonds. The maximum atomic E-state index is 11.6. The summed E-state index contributed by atoms with van der Waals surface area (Å²) in [5, 5.41) is 23.0. The van der Waals surface area contributed by atoms with Crippen molar-refractivity contribution in [2.45, 2.75) is 96.2 Å². The molecule has 5 unspecified atom stereocenters. The Balaban J connectivity index is 2.00. The van der Waals surface area contributed by atoms with E-state index in [0.717, 1.165) is 38.0 Å². The third-order valence-corrected chi connectivity index (χ3v) is 7.70. The smallest absolute Gasteiger partial charge is 0.0734 e. The first-order chi connectivity index (χ1) is 9.82. The van der Waals surface area contributed by atoms with Crippen molar-refractivity contribution in [3.8, 4) is 0 Å². The maximum Gasteiger partial charge on any atom is 0.0734 e. The fourth-order valence-corrected chi connectivity index (χ4v) is 6.09. The van der Waals surface area contributed by atoms with Gasteiger partial charge >= 0.3 is 0 Å². The van der Waals surface area contributed by atoms with Gasteiger partial charge in [-0.2, -0.15) is 0 Å². The maximum absolute atomic E-state index is 11.6. The zero-order valence-electron chi connectivity index (χ0n) is 14.2. The van der Waals surface area contributed by atoms with E-state index >= 15 is 0 Å². The Morgan fingerprint density at radius 1 is 0.952 bits per heavy atom. The average Bonchev–Trinajstić information content (AvgIpc) is 2.43. The van der Waals surface area contributed by atoms with Crippen LogP contribution in [0.15, 0.2) is 0 Å². The van der Waals surface area contributed by atoms with E-state index in [0.29, 0.717) is 5.92 Å². The van der Waals surface area contributed by atoms with Gasteiger partial charge in [-0.25, -0.2) is 0 Å². The molecule has 0 aliphatic heterocycles. The van der Waals surface area contributed by atoms with E-state index < -0.39 is 11.2 Å². The quantitative estimate of drug-likeness (QED) is 0.798. The summed E-state index contributed by atoms with van der Waals surface area (Å²) in [6.45, 7) is 6.25. The van der Waals surface area contributed by atoms with Crippen LogP contribution in [0.3, 0.4) is 0 Å². The molecule has 21 heavy (non-hydrogen) atoms. The van der Waals surface area contributed by atoms with Crippen molar-refractivity contribution in [2.24, 2.45) is 23.2 Å². The number of aliphatic hydroxyl groups is 2. The SMILES string of the molecule is CC(C)C(C)(O)C12CCCCC1(O)CC1CCCCC1C2. The number of rotatable bonds is 2. The highest BCUT2D eigenvalue weighted by Gasteiger charge is 2.65. The fraction of sp³-hybridized carbons (Fsp3) is 1.00. The predicted octanol–water partition coefficient (Wildman–Crippen LogP) is 4.29. The lowest BCUT2D eigenvalue weighted by Crippen LogP contribution is -2.67. The normalized spacial score (nSPS) is 46.6. The van der Waals surface area contributed by atoms with Gasteiger partial charge in [0.2, 0.25) is 0 Å². The molecule has 3 aliphatic rings. The summed E-state index contributed by atoms with van der Waals surface area (Å²) < 4.78 is 0. The molecule has 0 aromatic rings. The third-order valence-electron chi connectivity index (χ3n) is 7.70. The summed E-state index contributed by atoms with van der Waals surface area (Å²) in [7, 11) is 0. The molecule has 0 bridgehead atoms. The summed E-state index contributed by atoms with van der Waals surface area (Å²) in [5.41, 5.74) is -1.66. The molecule has 5 atom stereocenters. The van der Waals surface area contributed by atoms with E-state index in [1.54, 1.807) is 0 Å². The molecule has 3 saturated carbocycles. The molecular formula is C19H34O2. The first kappa shape index (κ1) is 15.8. The molecule has 0 spiro atoms. The zero-order valence-corrected chi connectivity index (χ0v) is 14.2. The molecule has 2 nitrogen and oxygen atoms in total. The monoisotopic (exact) mass is 294 g/mol. The molecule has 0 aromatic carbocycles. The van der Waals surface area contributed by atoms with Crippen LogP contribution in [0.4, 0.5) is 0 Å². The largest absolute Gasteiger partial charge is 0.389 e. The Bertz CT molecular complexity index is 389. The van der Waals surface area contributed by atoms with Crippen molar-refractivity contribution in [2.75, 3.05) is 0 Å². The molecule has 3 fully saturated rings. The predicted molar refractivity (Wildman–Crippen MR) is 86.0 cm³/mol. The lowest BCUT2D eigenvalue weighted by Gasteiger charge is -2.64.